The third kappa shape index (κ3) is 2.20. The first-order valence-corrected chi connectivity index (χ1v) is 6.78. The second-order valence-electron chi connectivity index (χ2n) is 6.57. The minimum absolute atomic E-state index is 0.425. The van der Waals surface area contributed by atoms with Crippen molar-refractivity contribution in [1.82, 2.24) is 0 Å². The lowest BCUT2D eigenvalue weighted by Gasteiger charge is -2.49. The Bertz CT molecular complexity index is 279. The first kappa shape index (κ1) is 12.2. The molecule has 2 saturated carbocycles. The molecule has 0 aromatic carbocycles. The highest BCUT2D eigenvalue weighted by molar-refractivity contribution is 5.06. The van der Waals surface area contributed by atoms with E-state index in [0.717, 1.165) is 24.7 Å². The number of aliphatic hydroxyl groups is 1. The van der Waals surface area contributed by atoms with Gasteiger partial charge in [-0.1, -0.05) is 19.1 Å². The van der Waals surface area contributed by atoms with Gasteiger partial charge in [0.2, 0.25) is 0 Å². The van der Waals surface area contributed by atoms with Gasteiger partial charge >= 0.3 is 0 Å². The molecule has 0 spiro atoms. The third-order valence-corrected chi connectivity index (χ3v) is 5.06. The standard InChI is InChI=1S/C15H26O/c1-10(2)12-6-5-11(3)13-7-8-15(4,16)9-14(12)13/h11-14,16H,1,5-9H2,2-4H3/t11-,12+,13+,14+,15?/m1/s1. The number of rotatable bonds is 1. The van der Waals surface area contributed by atoms with E-state index in [0.29, 0.717) is 11.8 Å². The highest BCUT2D eigenvalue weighted by Gasteiger charge is 2.44. The monoisotopic (exact) mass is 222 g/mol. The molecule has 2 fully saturated rings. The molecule has 92 valence electrons. The van der Waals surface area contributed by atoms with Crippen LogP contribution in [-0.2, 0) is 0 Å². The molecule has 1 heteroatoms. The maximum absolute atomic E-state index is 10.3. The molecule has 2 aliphatic rings. The highest BCUT2D eigenvalue weighted by atomic mass is 16.3. The van der Waals surface area contributed by atoms with Crippen LogP contribution in [0.3, 0.4) is 0 Å². The van der Waals surface area contributed by atoms with Crippen molar-refractivity contribution in [2.24, 2.45) is 23.7 Å². The van der Waals surface area contributed by atoms with Crippen molar-refractivity contribution in [2.45, 2.75) is 58.5 Å². The lowest BCUT2D eigenvalue weighted by Crippen LogP contribution is -2.44. The van der Waals surface area contributed by atoms with E-state index in [1.807, 2.05) is 6.92 Å². The Balaban J connectivity index is 2.18. The zero-order valence-electron chi connectivity index (χ0n) is 11.0. The zero-order valence-corrected chi connectivity index (χ0v) is 11.0. The van der Waals surface area contributed by atoms with Crippen LogP contribution in [0.25, 0.3) is 0 Å². The smallest absolute Gasteiger partial charge is 0.0622 e. The fourth-order valence-corrected chi connectivity index (χ4v) is 4.08. The molecule has 0 aromatic heterocycles. The van der Waals surface area contributed by atoms with Crippen LogP contribution in [0.5, 0.6) is 0 Å². The van der Waals surface area contributed by atoms with Gasteiger partial charge in [-0.25, -0.2) is 0 Å². The van der Waals surface area contributed by atoms with Gasteiger partial charge in [-0.2, -0.15) is 0 Å². The average molecular weight is 222 g/mol. The van der Waals surface area contributed by atoms with Crippen LogP contribution < -0.4 is 0 Å². The normalized spacial score (nSPS) is 48.5. The van der Waals surface area contributed by atoms with Crippen LogP contribution in [0, 0.1) is 23.7 Å². The summed E-state index contributed by atoms with van der Waals surface area (Å²) in [7, 11) is 0. The van der Waals surface area contributed by atoms with E-state index in [2.05, 4.69) is 20.4 Å². The molecule has 0 amide bonds. The van der Waals surface area contributed by atoms with Crippen LogP contribution in [0.15, 0.2) is 12.2 Å². The van der Waals surface area contributed by atoms with Gasteiger partial charge in [-0.05, 0) is 69.6 Å². The summed E-state index contributed by atoms with van der Waals surface area (Å²) < 4.78 is 0. The van der Waals surface area contributed by atoms with Crippen molar-refractivity contribution in [3.63, 3.8) is 0 Å². The van der Waals surface area contributed by atoms with E-state index in [1.165, 1.54) is 24.8 Å². The molecule has 1 unspecified atom stereocenters. The molecule has 16 heavy (non-hydrogen) atoms. The Morgan fingerprint density at radius 3 is 2.56 bits per heavy atom. The third-order valence-electron chi connectivity index (χ3n) is 5.06. The summed E-state index contributed by atoms with van der Waals surface area (Å²) in [5.74, 6) is 3.02. The molecule has 0 saturated heterocycles. The highest BCUT2D eigenvalue weighted by Crippen LogP contribution is 2.50. The van der Waals surface area contributed by atoms with Crippen LogP contribution in [0.1, 0.15) is 52.9 Å². The second kappa shape index (κ2) is 4.18. The fraction of sp³-hybridized carbons (Fsp3) is 0.867. The fourth-order valence-electron chi connectivity index (χ4n) is 4.08. The van der Waals surface area contributed by atoms with Crippen LogP contribution in [-0.4, -0.2) is 10.7 Å². The Labute approximate surface area is 99.9 Å². The molecular weight excluding hydrogens is 196 g/mol. The summed E-state index contributed by atoms with van der Waals surface area (Å²) in [6, 6.07) is 0. The van der Waals surface area contributed by atoms with E-state index in [9.17, 15) is 5.11 Å². The number of hydrogen-bond acceptors (Lipinski definition) is 1. The number of fused-ring (bicyclic) bond motifs is 1. The van der Waals surface area contributed by atoms with Gasteiger partial charge in [0.05, 0.1) is 5.60 Å². The van der Waals surface area contributed by atoms with Gasteiger partial charge in [0.25, 0.3) is 0 Å². The zero-order chi connectivity index (χ0) is 11.9. The van der Waals surface area contributed by atoms with E-state index in [-0.39, 0.29) is 0 Å². The SMILES string of the molecule is C=C(C)[C@@H]1CC[C@@H](C)[C@@H]2CCC(C)(O)C[C@H]21. The van der Waals surface area contributed by atoms with Crippen molar-refractivity contribution >= 4 is 0 Å². The maximum atomic E-state index is 10.3. The van der Waals surface area contributed by atoms with Crippen LogP contribution >= 0.6 is 0 Å². The Morgan fingerprint density at radius 2 is 1.94 bits per heavy atom. The first-order valence-electron chi connectivity index (χ1n) is 6.78. The number of allylic oxidation sites excluding steroid dienone is 1. The molecule has 0 radical (unpaired) electrons. The Kier molecular flexibility index (Phi) is 3.18. The van der Waals surface area contributed by atoms with E-state index in [4.69, 9.17) is 0 Å². The minimum Gasteiger partial charge on any atom is -0.390 e. The van der Waals surface area contributed by atoms with Gasteiger partial charge in [0, 0.05) is 0 Å². The van der Waals surface area contributed by atoms with E-state index < -0.39 is 5.60 Å². The summed E-state index contributed by atoms with van der Waals surface area (Å²) in [6.07, 6.45) is 5.82. The molecule has 2 rings (SSSR count). The van der Waals surface area contributed by atoms with Gasteiger partial charge in [0.15, 0.2) is 0 Å². The first-order chi connectivity index (χ1) is 7.41. The molecule has 1 nitrogen and oxygen atoms in total. The number of hydrogen-bond donors (Lipinski definition) is 1. The molecule has 5 atom stereocenters. The maximum Gasteiger partial charge on any atom is 0.0622 e. The average Bonchev–Trinajstić information content (AvgIpc) is 2.15. The van der Waals surface area contributed by atoms with Crippen molar-refractivity contribution in [2.75, 3.05) is 0 Å². The molecule has 0 aromatic rings. The molecule has 1 N–H and O–H groups in total. The van der Waals surface area contributed by atoms with Crippen molar-refractivity contribution in [1.29, 1.82) is 0 Å². The Morgan fingerprint density at radius 1 is 1.25 bits per heavy atom. The van der Waals surface area contributed by atoms with Gasteiger partial charge < -0.3 is 5.11 Å². The quantitative estimate of drug-likeness (QED) is 0.669. The second-order valence-corrected chi connectivity index (χ2v) is 6.57. The largest absolute Gasteiger partial charge is 0.390 e. The molecule has 2 aliphatic carbocycles. The van der Waals surface area contributed by atoms with Crippen molar-refractivity contribution < 1.29 is 5.11 Å². The van der Waals surface area contributed by atoms with Gasteiger partial charge in [-0.3, -0.25) is 0 Å². The molecular formula is C15H26O. The van der Waals surface area contributed by atoms with Crippen molar-refractivity contribution in [3.8, 4) is 0 Å². The summed E-state index contributed by atoms with van der Waals surface area (Å²) in [4.78, 5) is 0. The van der Waals surface area contributed by atoms with E-state index >= 15 is 0 Å². The van der Waals surface area contributed by atoms with Crippen LogP contribution in [0.4, 0.5) is 0 Å². The summed E-state index contributed by atoms with van der Waals surface area (Å²) in [6.45, 7) is 10.7. The van der Waals surface area contributed by atoms with Crippen LogP contribution in [0.2, 0.25) is 0 Å². The van der Waals surface area contributed by atoms with Gasteiger partial charge in [-0.15, -0.1) is 0 Å². The molecule has 0 bridgehead atoms. The summed E-state index contributed by atoms with van der Waals surface area (Å²) in [5, 5.41) is 10.3. The predicted molar refractivity (Wildman–Crippen MR) is 68.2 cm³/mol. The van der Waals surface area contributed by atoms with Gasteiger partial charge in [0.1, 0.15) is 0 Å². The topological polar surface area (TPSA) is 20.2 Å². The predicted octanol–water partition coefficient (Wildman–Crippen LogP) is 3.78. The molecule has 0 heterocycles. The minimum atomic E-state index is -0.425. The summed E-state index contributed by atoms with van der Waals surface area (Å²) in [5.41, 5.74) is 0.908. The van der Waals surface area contributed by atoms with E-state index in [1.54, 1.807) is 0 Å². The lowest BCUT2D eigenvalue weighted by atomic mass is 9.57. The lowest BCUT2D eigenvalue weighted by molar-refractivity contribution is -0.0571. The Hall–Kier alpha value is -0.300. The molecule has 0 aliphatic heterocycles. The summed E-state index contributed by atoms with van der Waals surface area (Å²) >= 11 is 0. The van der Waals surface area contributed by atoms with Crippen molar-refractivity contribution in [3.05, 3.63) is 12.2 Å².